The summed E-state index contributed by atoms with van der Waals surface area (Å²) < 4.78 is 4.49. The number of hydrogen-bond donors (Lipinski definition) is 1. The van der Waals surface area contributed by atoms with Gasteiger partial charge in [-0.25, -0.2) is 4.79 Å². The van der Waals surface area contributed by atoms with E-state index in [1.807, 2.05) is 0 Å². The molecule has 0 unspecified atom stereocenters. The van der Waals surface area contributed by atoms with Crippen LogP contribution in [-0.4, -0.2) is 35.8 Å². The number of hydrogen-bond acceptors (Lipinski definition) is 5. The highest BCUT2D eigenvalue weighted by molar-refractivity contribution is 6.34. The molecular weight excluding hydrogens is 224 g/mol. The quantitative estimate of drug-likeness (QED) is 0.572. The molecule has 0 aliphatic rings. The van der Waals surface area contributed by atoms with Crippen LogP contribution in [0, 0.1) is 0 Å². The summed E-state index contributed by atoms with van der Waals surface area (Å²) in [7, 11) is 0. The number of nitrogens with one attached hydrogen (secondary N) is 1. The fraction of sp³-hybridized carbons (Fsp3) is 0.273. The van der Waals surface area contributed by atoms with Crippen LogP contribution in [0.4, 0.5) is 0 Å². The minimum Gasteiger partial charge on any atom is -0.460 e. The van der Waals surface area contributed by atoms with Crippen molar-refractivity contribution in [2.75, 3.05) is 13.2 Å². The van der Waals surface area contributed by atoms with Crippen molar-refractivity contribution in [3.63, 3.8) is 0 Å². The number of amides is 1. The molecule has 0 spiro atoms. The first kappa shape index (κ1) is 12.8. The maximum Gasteiger partial charge on any atom is 0.376 e. The van der Waals surface area contributed by atoms with Crippen LogP contribution in [-0.2, 0) is 14.3 Å². The predicted octanol–water partition coefficient (Wildman–Crippen LogP) is -0.0564. The second-order valence-electron chi connectivity index (χ2n) is 3.07. The Morgan fingerprint density at radius 2 is 2.18 bits per heavy atom. The van der Waals surface area contributed by atoms with Gasteiger partial charge in [-0.3, -0.25) is 14.6 Å². The van der Waals surface area contributed by atoms with Gasteiger partial charge in [0.15, 0.2) is 0 Å². The van der Waals surface area contributed by atoms with E-state index in [2.05, 4.69) is 15.0 Å². The number of rotatable bonds is 5. The average molecular weight is 236 g/mol. The van der Waals surface area contributed by atoms with Gasteiger partial charge in [-0.2, -0.15) is 0 Å². The third-order valence-electron chi connectivity index (χ3n) is 1.84. The Morgan fingerprint density at radius 1 is 1.41 bits per heavy atom. The van der Waals surface area contributed by atoms with Crippen LogP contribution >= 0.6 is 0 Å². The minimum atomic E-state index is -0.945. The summed E-state index contributed by atoms with van der Waals surface area (Å²) in [5, 5.41) is 2.31. The van der Waals surface area contributed by atoms with Crippen molar-refractivity contribution in [3.8, 4) is 0 Å². The number of carbonyl (C=O) groups excluding carboxylic acids is 3. The van der Waals surface area contributed by atoms with Crippen LogP contribution in [0.5, 0.6) is 0 Å². The number of aromatic nitrogens is 1. The molecule has 0 aliphatic carbocycles. The largest absolute Gasteiger partial charge is 0.460 e. The van der Waals surface area contributed by atoms with Crippen molar-refractivity contribution in [3.05, 3.63) is 30.1 Å². The topological polar surface area (TPSA) is 85.4 Å². The minimum absolute atomic E-state index is 0.126. The van der Waals surface area contributed by atoms with E-state index in [-0.39, 0.29) is 13.2 Å². The maximum absolute atomic E-state index is 11.5. The number of esters is 1. The van der Waals surface area contributed by atoms with Gasteiger partial charge in [-0.1, -0.05) is 0 Å². The molecule has 1 heterocycles. The number of ether oxygens (including phenoxy) is 1. The molecule has 17 heavy (non-hydrogen) atoms. The van der Waals surface area contributed by atoms with Gasteiger partial charge in [0.05, 0.1) is 18.7 Å². The van der Waals surface area contributed by atoms with E-state index in [0.717, 1.165) is 0 Å². The average Bonchev–Trinajstić information content (AvgIpc) is 2.36. The lowest BCUT2D eigenvalue weighted by Crippen LogP contribution is -2.34. The van der Waals surface area contributed by atoms with Crippen LogP contribution in [0.3, 0.4) is 0 Å². The fourth-order valence-electron chi connectivity index (χ4n) is 1.04. The lowest BCUT2D eigenvalue weighted by Gasteiger charge is -2.03. The van der Waals surface area contributed by atoms with Crippen molar-refractivity contribution < 1.29 is 19.1 Å². The van der Waals surface area contributed by atoms with Crippen LogP contribution in [0.15, 0.2) is 24.5 Å². The third-order valence-corrected chi connectivity index (χ3v) is 1.84. The van der Waals surface area contributed by atoms with Gasteiger partial charge in [0.25, 0.3) is 11.7 Å². The van der Waals surface area contributed by atoms with E-state index in [0.29, 0.717) is 5.56 Å². The number of nitrogens with zero attached hydrogens (tertiary/aromatic N) is 1. The molecule has 6 heteroatoms. The van der Waals surface area contributed by atoms with Gasteiger partial charge in [0.1, 0.15) is 0 Å². The SMILES string of the molecule is CCOC(=O)C(=O)CNC(=O)c1cccnc1. The third kappa shape index (κ3) is 4.02. The summed E-state index contributed by atoms with van der Waals surface area (Å²) in [5.74, 6) is -2.20. The molecule has 0 saturated heterocycles. The fourth-order valence-corrected chi connectivity index (χ4v) is 1.04. The van der Waals surface area contributed by atoms with Gasteiger partial charge >= 0.3 is 5.97 Å². The van der Waals surface area contributed by atoms with E-state index >= 15 is 0 Å². The van der Waals surface area contributed by atoms with Crippen molar-refractivity contribution in [1.29, 1.82) is 0 Å². The van der Waals surface area contributed by atoms with Crippen LogP contribution in [0.2, 0.25) is 0 Å². The van der Waals surface area contributed by atoms with Gasteiger partial charge in [0, 0.05) is 12.4 Å². The van der Waals surface area contributed by atoms with Gasteiger partial charge in [-0.05, 0) is 19.1 Å². The lowest BCUT2D eigenvalue weighted by atomic mass is 10.2. The Morgan fingerprint density at radius 3 is 2.76 bits per heavy atom. The smallest absolute Gasteiger partial charge is 0.376 e. The molecular formula is C11H12N2O4. The summed E-state index contributed by atoms with van der Waals surface area (Å²) in [6.07, 6.45) is 2.89. The molecule has 1 N–H and O–H groups in total. The number of pyridine rings is 1. The molecule has 0 fully saturated rings. The van der Waals surface area contributed by atoms with Crippen molar-refractivity contribution >= 4 is 17.7 Å². The number of Topliss-reactive ketones (excluding diaryl/α,β-unsaturated/α-hetero) is 1. The Balaban J connectivity index is 2.44. The molecule has 1 amide bonds. The normalized spacial score (nSPS) is 9.47. The van der Waals surface area contributed by atoms with Crippen molar-refractivity contribution in [2.24, 2.45) is 0 Å². The summed E-state index contributed by atoms with van der Waals surface area (Å²) in [4.78, 5) is 37.4. The second-order valence-corrected chi connectivity index (χ2v) is 3.07. The van der Waals surface area contributed by atoms with E-state index in [1.54, 1.807) is 19.1 Å². The highest BCUT2D eigenvalue weighted by Crippen LogP contribution is 1.94. The van der Waals surface area contributed by atoms with E-state index in [9.17, 15) is 14.4 Å². The lowest BCUT2D eigenvalue weighted by molar-refractivity contribution is -0.153. The first-order chi connectivity index (χ1) is 8.15. The highest BCUT2D eigenvalue weighted by Gasteiger charge is 2.16. The van der Waals surface area contributed by atoms with E-state index in [4.69, 9.17) is 0 Å². The van der Waals surface area contributed by atoms with Crippen LogP contribution in [0.1, 0.15) is 17.3 Å². The van der Waals surface area contributed by atoms with Crippen LogP contribution < -0.4 is 5.32 Å². The summed E-state index contributed by atoms with van der Waals surface area (Å²) >= 11 is 0. The summed E-state index contributed by atoms with van der Waals surface area (Å²) in [6.45, 7) is 1.34. The molecule has 0 radical (unpaired) electrons. The van der Waals surface area contributed by atoms with E-state index < -0.39 is 17.7 Å². The number of carbonyl (C=O) groups is 3. The second kappa shape index (κ2) is 6.37. The summed E-state index contributed by atoms with van der Waals surface area (Å²) in [5.41, 5.74) is 0.323. The Labute approximate surface area is 98.0 Å². The molecule has 6 nitrogen and oxygen atoms in total. The molecule has 90 valence electrons. The Bertz CT molecular complexity index is 417. The molecule has 0 atom stereocenters. The maximum atomic E-state index is 11.5. The zero-order valence-corrected chi connectivity index (χ0v) is 9.30. The van der Waals surface area contributed by atoms with E-state index in [1.165, 1.54) is 12.4 Å². The zero-order valence-electron chi connectivity index (χ0n) is 9.30. The van der Waals surface area contributed by atoms with Crippen molar-refractivity contribution in [1.82, 2.24) is 10.3 Å². The molecule has 0 aromatic carbocycles. The predicted molar refractivity (Wildman–Crippen MR) is 58.2 cm³/mol. The zero-order chi connectivity index (χ0) is 12.7. The highest BCUT2D eigenvalue weighted by atomic mass is 16.5. The molecule has 1 rings (SSSR count). The Hall–Kier alpha value is -2.24. The molecule has 0 aliphatic heterocycles. The van der Waals surface area contributed by atoms with Crippen LogP contribution in [0.25, 0.3) is 0 Å². The monoisotopic (exact) mass is 236 g/mol. The standard InChI is InChI=1S/C11H12N2O4/c1-2-17-11(16)9(14)7-13-10(15)8-4-3-5-12-6-8/h3-6H,2,7H2,1H3,(H,13,15). The molecule has 0 saturated carbocycles. The Kier molecular flexibility index (Phi) is 4.80. The van der Waals surface area contributed by atoms with Gasteiger partial charge in [0.2, 0.25) is 0 Å². The number of ketones is 1. The van der Waals surface area contributed by atoms with Crippen molar-refractivity contribution in [2.45, 2.75) is 6.92 Å². The first-order valence-corrected chi connectivity index (χ1v) is 5.03. The molecule has 0 bridgehead atoms. The summed E-state index contributed by atoms with van der Waals surface area (Å²) in [6, 6.07) is 3.15. The first-order valence-electron chi connectivity index (χ1n) is 5.03. The van der Waals surface area contributed by atoms with Gasteiger partial charge in [-0.15, -0.1) is 0 Å². The molecule has 1 aromatic heterocycles. The van der Waals surface area contributed by atoms with Gasteiger partial charge < -0.3 is 10.1 Å². The molecule has 1 aromatic rings.